The summed E-state index contributed by atoms with van der Waals surface area (Å²) in [5.74, 6) is 0. The maximum atomic E-state index is 4.97. The van der Waals surface area contributed by atoms with Crippen LogP contribution in [-0.4, -0.2) is 16.9 Å². The van der Waals surface area contributed by atoms with E-state index < -0.39 is 0 Å². The maximum Gasteiger partial charge on any atom is 0.273 e. The van der Waals surface area contributed by atoms with Crippen LogP contribution in [-0.2, 0) is 6.42 Å². The predicted octanol–water partition coefficient (Wildman–Crippen LogP) is 2.48. The summed E-state index contributed by atoms with van der Waals surface area (Å²) in [6.45, 7) is 2.12. The molecule has 1 heterocycles. The van der Waals surface area contributed by atoms with Crippen LogP contribution >= 0.6 is 27.3 Å². The third-order valence-corrected chi connectivity index (χ3v) is 2.49. The summed E-state index contributed by atoms with van der Waals surface area (Å²) in [5, 5.41) is 0.744. The van der Waals surface area contributed by atoms with Gasteiger partial charge in [0, 0.05) is 15.9 Å². The van der Waals surface area contributed by atoms with Gasteiger partial charge in [-0.25, -0.2) is 4.98 Å². The van der Waals surface area contributed by atoms with Crippen LogP contribution in [0, 0.1) is 0 Å². The summed E-state index contributed by atoms with van der Waals surface area (Å²) >= 11 is 5.08. The number of alkyl halides is 1. The van der Waals surface area contributed by atoms with Crippen molar-refractivity contribution < 1.29 is 4.74 Å². The molecular weight excluding hydrogens is 226 g/mol. The van der Waals surface area contributed by atoms with Crippen molar-refractivity contribution in [3.05, 3.63) is 11.1 Å². The van der Waals surface area contributed by atoms with Gasteiger partial charge in [0.25, 0.3) is 5.19 Å². The molecular formula is C7H10BrNOS. The number of halogens is 1. The molecule has 1 unspecified atom stereocenters. The molecule has 0 amide bonds. The van der Waals surface area contributed by atoms with Crippen molar-refractivity contribution in [3.63, 3.8) is 0 Å². The third kappa shape index (κ3) is 2.79. The molecule has 1 atom stereocenters. The summed E-state index contributed by atoms with van der Waals surface area (Å²) in [7, 11) is 1.64. The van der Waals surface area contributed by atoms with Gasteiger partial charge in [0.15, 0.2) is 0 Å². The van der Waals surface area contributed by atoms with Crippen molar-refractivity contribution in [3.8, 4) is 5.19 Å². The first-order valence-corrected chi connectivity index (χ1v) is 5.08. The molecule has 62 valence electrons. The Bertz CT molecular complexity index is 224. The molecule has 2 nitrogen and oxygen atoms in total. The number of rotatable bonds is 3. The molecule has 0 aromatic carbocycles. The first-order chi connectivity index (χ1) is 5.22. The lowest BCUT2D eigenvalue weighted by atomic mass is 10.3. The zero-order chi connectivity index (χ0) is 8.27. The highest BCUT2D eigenvalue weighted by Gasteiger charge is 2.03. The summed E-state index contributed by atoms with van der Waals surface area (Å²) in [5.41, 5.74) is 0. The average molecular weight is 236 g/mol. The predicted molar refractivity (Wildman–Crippen MR) is 50.8 cm³/mol. The van der Waals surface area contributed by atoms with Gasteiger partial charge in [0.1, 0.15) is 0 Å². The van der Waals surface area contributed by atoms with Crippen LogP contribution in [0.2, 0.25) is 0 Å². The van der Waals surface area contributed by atoms with Crippen LogP contribution < -0.4 is 4.74 Å². The lowest BCUT2D eigenvalue weighted by Crippen LogP contribution is -1.92. The van der Waals surface area contributed by atoms with Crippen LogP contribution in [0.3, 0.4) is 0 Å². The molecule has 0 bridgehead atoms. The molecule has 0 saturated carbocycles. The molecule has 0 aliphatic rings. The van der Waals surface area contributed by atoms with E-state index >= 15 is 0 Å². The second-order valence-electron chi connectivity index (χ2n) is 2.28. The molecule has 0 fully saturated rings. The minimum absolute atomic E-state index is 0.507. The van der Waals surface area contributed by atoms with Gasteiger partial charge >= 0.3 is 0 Å². The van der Waals surface area contributed by atoms with Gasteiger partial charge in [-0.15, -0.1) is 0 Å². The average Bonchev–Trinajstić information content (AvgIpc) is 2.34. The van der Waals surface area contributed by atoms with E-state index in [-0.39, 0.29) is 0 Å². The molecule has 1 rings (SSSR count). The maximum absolute atomic E-state index is 4.97. The number of methoxy groups -OCH3 is 1. The fourth-order valence-electron chi connectivity index (χ4n) is 0.756. The van der Waals surface area contributed by atoms with Gasteiger partial charge in [0.2, 0.25) is 0 Å². The topological polar surface area (TPSA) is 22.1 Å². The first kappa shape index (κ1) is 9.00. The normalized spacial score (nSPS) is 13.0. The molecule has 0 N–H and O–H groups in total. The number of nitrogens with zero attached hydrogens (tertiary/aromatic N) is 1. The van der Waals surface area contributed by atoms with Gasteiger partial charge in [-0.05, 0) is 6.42 Å². The number of hydrogen-bond acceptors (Lipinski definition) is 3. The van der Waals surface area contributed by atoms with Crippen molar-refractivity contribution in [2.75, 3.05) is 7.11 Å². The summed E-state index contributed by atoms with van der Waals surface area (Å²) in [6, 6.07) is 0. The Balaban J connectivity index is 2.58. The van der Waals surface area contributed by atoms with Crippen LogP contribution in [0.15, 0.2) is 6.20 Å². The van der Waals surface area contributed by atoms with Gasteiger partial charge in [0.05, 0.1) is 7.11 Å². The Hall–Kier alpha value is -0.0900. The van der Waals surface area contributed by atoms with E-state index in [9.17, 15) is 0 Å². The Morgan fingerprint density at radius 1 is 1.82 bits per heavy atom. The third-order valence-electron chi connectivity index (χ3n) is 1.19. The zero-order valence-corrected chi connectivity index (χ0v) is 8.91. The zero-order valence-electron chi connectivity index (χ0n) is 6.50. The Morgan fingerprint density at radius 2 is 2.55 bits per heavy atom. The molecule has 11 heavy (non-hydrogen) atoms. The standard InChI is InChI=1S/C7H10BrNOS/c1-5(8)3-6-4-9-7(10-2)11-6/h4-5H,3H2,1-2H3. The second kappa shape index (κ2) is 4.07. The summed E-state index contributed by atoms with van der Waals surface area (Å²) < 4.78 is 4.97. The largest absolute Gasteiger partial charge is 0.473 e. The van der Waals surface area contributed by atoms with E-state index in [0.29, 0.717) is 4.83 Å². The fourth-order valence-corrected chi connectivity index (χ4v) is 2.17. The summed E-state index contributed by atoms with van der Waals surface area (Å²) in [6.07, 6.45) is 2.88. The highest BCUT2D eigenvalue weighted by molar-refractivity contribution is 9.09. The number of aromatic nitrogens is 1. The van der Waals surface area contributed by atoms with E-state index in [1.807, 2.05) is 6.20 Å². The summed E-state index contributed by atoms with van der Waals surface area (Å²) in [4.78, 5) is 5.83. The smallest absolute Gasteiger partial charge is 0.273 e. The number of hydrogen-bond donors (Lipinski definition) is 0. The monoisotopic (exact) mass is 235 g/mol. The lowest BCUT2D eigenvalue weighted by molar-refractivity contribution is 0.412. The van der Waals surface area contributed by atoms with Crippen molar-refractivity contribution >= 4 is 27.3 Å². The molecule has 0 spiro atoms. The Morgan fingerprint density at radius 3 is 3.00 bits per heavy atom. The van der Waals surface area contributed by atoms with Crippen molar-refractivity contribution in [1.29, 1.82) is 0 Å². The highest BCUT2D eigenvalue weighted by atomic mass is 79.9. The lowest BCUT2D eigenvalue weighted by Gasteiger charge is -1.96. The van der Waals surface area contributed by atoms with Crippen LogP contribution in [0.1, 0.15) is 11.8 Å². The molecule has 0 radical (unpaired) electrons. The van der Waals surface area contributed by atoms with Gasteiger partial charge in [-0.3, -0.25) is 0 Å². The molecule has 0 saturated heterocycles. The van der Waals surface area contributed by atoms with E-state index in [0.717, 1.165) is 11.6 Å². The highest BCUT2D eigenvalue weighted by Crippen LogP contribution is 2.22. The van der Waals surface area contributed by atoms with Gasteiger partial charge < -0.3 is 4.74 Å². The SMILES string of the molecule is COc1ncc(CC(C)Br)s1. The fraction of sp³-hybridized carbons (Fsp3) is 0.571. The van der Waals surface area contributed by atoms with E-state index in [1.165, 1.54) is 4.88 Å². The van der Waals surface area contributed by atoms with E-state index in [1.54, 1.807) is 18.4 Å². The first-order valence-electron chi connectivity index (χ1n) is 3.35. The minimum Gasteiger partial charge on any atom is -0.473 e. The molecule has 0 aliphatic heterocycles. The molecule has 1 aromatic rings. The van der Waals surface area contributed by atoms with Crippen LogP contribution in [0.25, 0.3) is 0 Å². The van der Waals surface area contributed by atoms with Gasteiger partial charge in [-0.2, -0.15) is 0 Å². The van der Waals surface area contributed by atoms with E-state index in [4.69, 9.17) is 4.74 Å². The number of ether oxygens (including phenoxy) is 1. The van der Waals surface area contributed by atoms with E-state index in [2.05, 4.69) is 27.8 Å². The van der Waals surface area contributed by atoms with Crippen molar-refractivity contribution in [1.82, 2.24) is 4.98 Å². The molecule has 4 heteroatoms. The number of thiazole rings is 1. The van der Waals surface area contributed by atoms with Crippen LogP contribution in [0.4, 0.5) is 0 Å². The minimum atomic E-state index is 0.507. The second-order valence-corrected chi connectivity index (χ2v) is 4.92. The Labute approximate surface area is 78.7 Å². The van der Waals surface area contributed by atoms with Crippen LogP contribution in [0.5, 0.6) is 5.19 Å². The molecule has 1 aromatic heterocycles. The quantitative estimate of drug-likeness (QED) is 0.752. The van der Waals surface area contributed by atoms with Gasteiger partial charge in [-0.1, -0.05) is 34.2 Å². The molecule has 0 aliphatic carbocycles. The van der Waals surface area contributed by atoms with Crippen molar-refractivity contribution in [2.24, 2.45) is 0 Å². The Kier molecular flexibility index (Phi) is 3.33. The van der Waals surface area contributed by atoms with Crippen molar-refractivity contribution in [2.45, 2.75) is 18.2 Å².